The maximum atomic E-state index is 5.64. The van der Waals surface area contributed by atoms with E-state index in [0.29, 0.717) is 13.2 Å². The lowest BCUT2D eigenvalue weighted by Gasteiger charge is -2.19. The summed E-state index contributed by atoms with van der Waals surface area (Å²) in [6.45, 7) is 8.26. The second-order valence-corrected chi connectivity index (χ2v) is 4.52. The highest BCUT2D eigenvalue weighted by Crippen LogP contribution is 2.21. The molecule has 0 unspecified atom stereocenters. The van der Waals surface area contributed by atoms with Crippen LogP contribution < -0.4 is 0 Å². The van der Waals surface area contributed by atoms with E-state index in [2.05, 4.69) is 42.0 Å². The van der Waals surface area contributed by atoms with Gasteiger partial charge in [-0.1, -0.05) is 25.1 Å². The van der Waals surface area contributed by atoms with Crippen molar-refractivity contribution >= 4 is 10.9 Å². The zero-order valence-corrected chi connectivity index (χ0v) is 12.1. The highest BCUT2D eigenvalue weighted by molar-refractivity contribution is 5.83. The Morgan fingerprint density at radius 2 is 1.79 bits per heavy atom. The number of hydrogen-bond donors (Lipinski definition) is 0. The predicted molar refractivity (Wildman–Crippen MR) is 78.4 cm³/mol. The molecule has 2 rings (SSSR count). The Kier molecular flexibility index (Phi) is 5.00. The average molecular weight is 261 g/mol. The summed E-state index contributed by atoms with van der Waals surface area (Å²) in [5.74, 6) is 0. The first-order valence-electron chi connectivity index (χ1n) is 7.10. The molecule has 1 heterocycles. The van der Waals surface area contributed by atoms with Gasteiger partial charge in [-0.2, -0.15) is 0 Å². The Bertz CT molecular complexity index is 512. The SMILES string of the molecule is CCOC(Cn1ccc2cccc(CC)c21)OCC. The van der Waals surface area contributed by atoms with Gasteiger partial charge in [-0.25, -0.2) is 0 Å². The van der Waals surface area contributed by atoms with Gasteiger partial charge in [-0.15, -0.1) is 0 Å². The normalized spacial score (nSPS) is 11.6. The van der Waals surface area contributed by atoms with Crippen LogP contribution in [0.5, 0.6) is 0 Å². The quantitative estimate of drug-likeness (QED) is 0.711. The van der Waals surface area contributed by atoms with Crippen molar-refractivity contribution in [3.05, 3.63) is 36.0 Å². The van der Waals surface area contributed by atoms with Gasteiger partial charge >= 0.3 is 0 Å². The Hall–Kier alpha value is -1.32. The van der Waals surface area contributed by atoms with Crippen LogP contribution >= 0.6 is 0 Å². The lowest BCUT2D eigenvalue weighted by molar-refractivity contribution is -0.143. The number of rotatable bonds is 7. The Morgan fingerprint density at radius 1 is 1.05 bits per heavy atom. The van der Waals surface area contributed by atoms with Crippen molar-refractivity contribution in [1.82, 2.24) is 4.57 Å². The molecular weight excluding hydrogens is 238 g/mol. The topological polar surface area (TPSA) is 23.4 Å². The van der Waals surface area contributed by atoms with E-state index in [4.69, 9.17) is 9.47 Å². The van der Waals surface area contributed by atoms with Crippen LogP contribution in [0, 0.1) is 0 Å². The lowest BCUT2D eigenvalue weighted by atomic mass is 10.1. The van der Waals surface area contributed by atoms with E-state index in [0.717, 1.165) is 13.0 Å². The van der Waals surface area contributed by atoms with Gasteiger partial charge in [-0.3, -0.25) is 0 Å². The van der Waals surface area contributed by atoms with Gasteiger partial charge in [0.15, 0.2) is 6.29 Å². The molecule has 0 saturated carbocycles. The van der Waals surface area contributed by atoms with Crippen LogP contribution in [-0.4, -0.2) is 24.1 Å². The summed E-state index contributed by atoms with van der Waals surface area (Å²) >= 11 is 0. The Balaban J connectivity index is 2.28. The minimum absolute atomic E-state index is 0.171. The first-order valence-corrected chi connectivity index (χ1v) is 7.10. The van der Waals surface area contributed by atoms with Crippen LogP contribution in [0.3, 0.4) is 0 Å². The summed E-state index contributed by atoms with van der Waals surface area (Å²) in [6.07, 6.45) is 2.99. The maximum absolute atomic E-state index is 5.64. The van der Waals surface area contributed by atoms with Crippen LogP contribution in [0.4, 0.5) is 0 Å². The molecule has 1 aromatic carbocycles. The molecule has 0 N–H and O–H groups in total. The lowest BCUT2D eigenvalue weighted by Crippen LogP contribution is -2.23. The second-order valence-electron chi connectivity index (χ2n) is 4.52. The van der Waals surface area contributed by atoms with Crippen LogP contribution in [-0.2, 0) is 22.4 Å². The van der Waals surface area contributed by atoms with Crippen molar-refractivity contribution in [1.29, 1.82) is 0 Å². The van der Waals surface area contributed by atoms with Gasteiger partial charge in [-0.05, 0) is 37.3 Å². The predicted octanol–water partition coefficient (Wildman–Crippen LogP) is 3.60. The van der Waals surface area contributed by atoms with Crippen molar-refractivity contribution in [2.24, 2.45) is 0 Å². The molecule has 0 aliphatic heterocycles. The van der Waals surface area contributed by atoms with E-state index in [1.807, 2.05) is 13.8 Å². The van der Waals surface area contributed by atoms with Crippen LogP contribution in [0.1, 0.15) is 26.3 Å². The number of para-hydroxylation sites is 1. The Labute approximate surface area is 115 Å². The molecule has 0 aliphatic rings. The molecule has 0 spiro atoms. The van der Waals surface area contributed by atoms with Gasteiger partial charge in [0.25, 0.3) is 0 Å². The van der Waals surface area contributed by atoms with Crippen molar-refractivity contribution in [2.45, 2.75) is 40.0 Å². The summed E-state index contributed by atoms with van der Waals surface area (Å²) in [5, 5.41) is 1.28. The van der Waals surface area contributed by atoms with Gasteiger partial charge in [0, 0.05) is 19.4 Å². The number of fused-ring (bicyclic) bond motifs is 1. The third-order valence-corrected chi connectivity index (χ3v) is 3.30. The fourth-order valence-electron chi connectivity index (χ4n) is 2.46. The van der Waals surface area contributed by atoms with Crippen molar-refractivity contribution in [3.63, 3.8) is 0 Å². The summed E-state index contributed by atoms with van der Waals surface area (Å²) in [7, 11) is 0. The van der Waals surface area contributed by atoms with E-state index >= 15 is 0 Å². The van der Waals surface area contributed by atoms with Crippen molar-refractivity contribution < 1.29 is 9.47 Å². The number of benzene rings is 1. The molecule has 0 radical (unpaired) electrons. The van der Waals surface area contributed by atoms with Gasteiger partial charge < -0.3 is 14.0 Å². The number of nitrogens with zero attached hydrogens (tertiary/aromatic N) is 1. The first kappa shape index (κ1) is 14.1. The molecule has 2 aromatic rings. The molecule has 104 valence electrons. The van der Waals surface area contributed by atoms with Gasteiger partial charge in [0.05, 0.1) is 12.1 Å². The molecule has 0 fully saturated rings. The molecule has 0 amide bonds. The monoisotopic (exact) mass is 261 g/mol. The molecule has 19 heavy (non-hydrogen) atoms. The van der Waals surface area contributed by atoms with E-state index in [9.17, 15) is 0 Å². The average Bonchev–Trinajstić information content (AvgIpc) is 2.83. The Morgan fingerprint density at radius 3 is 2.42 bits per heavy atom. The molecular formula is C16H23NO2. The van der Waals surface area contributed by atoms with E-state index in [1.165, 1.54) is 16.5 Å². The van der Waals surface area contributed by atoms with E-state index in [1.54, 1.807) is 0 Å². The number of hydrogen-bond acceptors (Lipinski definition) is 2. The molecule has 3 nitrogen and oxygen atoms in total. The zero-order valence-electron chi connectivity index (χ0n) is 12.1. The van der Waals surface area contributed by atoms with Crippen LogP contribution in [0.25, 0.3) is 10.9 Å². The van der Waals surface area contributed by atoms with Crippen LogP contribution in [0.2, 0.25) is 0 Å². The maximum Gasteiger partial charge on any atom is 0.175 e. The molecule has 0 atom stereocenters. The molecule has 0 bridgehead atoms. The summed E-state index contributed by atoms with van der Waals surface area (Å²) in [6, 6.07) is 8.62. The third kappa shape index (κ3) is 3.17. The van der Waals surface area contributed by atoms with Crippen LogP contribution in [0.15, 0.2) is 30.5 Å². The summed E-state index contributed by atoms with van der Waals surface area (Å²) in [5.41, 5.74) is 2.67. The fraction of sp³-hybridized carbons (Fsp3) is 0.500. The molecule has 1 aromatic heterocycles. The smallest absolute Gasteiger partial charge is 0.175 e. The number of aromatic nitrogens is 1. The van der Waals surface area contributed by atoms with Crippen molar-refractivity contribution in [3.8, 4) is 0 Å². The van der Waals surface area contributed by atoms with Gasteiger partial charge in [0.1, 0.15) is 0 Å². The highest BCUT2D eigenvalue weighted by atomic mass is 16.7. The van der Waals surface area contributed by atoms with Gasteiger partial charge in [0.2, 0.25) is 0 Å². The minimum atomic E-state index is -0.171. The minimum Gasteiger partial charge on any atom is -0.351 e. The third-order valence-electron chi connectivity index (χ3n) is 3.30. The standard InChI is InChI=1S/C16H23NO2/c1-4-13-8-7-9-14-10-11-17(16(13)14)12-15(18-5-2)19-6-3/h7-11,15H,4-6,12H2,1-3H3. The second kappa shape index (κ2) is 6.73. The largest absolute Gasteiger partial charge is 0.351 e. The zero-order chi connectivity index (χ0) is 13.7. The summed E-state index contributed by atoms with van der Waals surface area (Å²) < 4.78 is 13.5. The summed E-state index contributed by atoms with van der Waals surface area (Å²) in [4.78, 5) is 0. The molecule has 0 aliphatic carbocycles. The molecule has 3 heteroatoms. The fourth-order valence-corrected chi connectivity index (χ4v) is 2.46. The van der Waals surface area contributed by atoms with E-state index < -0.39 is 0 Å². The number of ether oxygens (including phenoxy) is 2. The first-order chi connectivity index (χ1) is 9.30. The number of aryl methyl sites for hydroxylation is 1. The highest BCUT2D eigenvalue weighted by Gasteiger charge is 2.12. The molecule has 0 saturated heterocycles. The van der Waals surface area contributed by atoms with Crippen molar-refractivity contribution in [2.75, 3.05) is 13.2 Å². The van der Waals surface area contributed by atoms with E-state index in [-0.39, 0.29) is 6.29 Å².